The number of anilines is 2. The number of rotatable bonds is 6. The van der Waals surface area contributed by atoms with Crippen LogP contribution in [0.4, 0.5) is 17.1 Å². The van der Waals surface area contributed by atoms with Gasteiger partial charge in [-0.1, -0.05) is 30.7 Å². The number of para-hydroxylation sites is 1. The Morgan fingerprint density at radius 1 is 1.23 bits per heavy atom. The van der Waals surface area contributed by atoms with Gasteiger partial charge in [0.25, 0.3) is 11.6 Å². The number of benzene rings is 2. The molecule has 0 radical (unpaired) electrons. The van der Waals surface area contributed by atoms with Crippen LogP contribution in [0.1, 0.15) is 30.1 Å². The van der Waals surface area contributed by atoms with Crippen LogP contribution in [-0.4, -0.2) is 48.3 Å². The second-order valence-corrected chi connectivity index (χ2v) is 8.22. The predicted octanol–water partition coefficient (Wildman–Crippen LogP) is 4.20. The van der Waals surface area contributed by atoms with E-state index in [1.165, 1.54) is 24.1 Å². The van der Waals surface area contributed by atoms with Crippen molar-refractivity contribution in [1.29, 1.82) is 0 Å². The number of amides is 2. The molecule has 9 heteroatoms. The van der Waals surface area contributed by atoms with Crippen molar-refractivity contribution in [1.82, 2.24) is 4.90 Å². The summed E-state index contributed by atoms with van der Waals surface area (Å²) in [6, 6.07) is 11.1. The lowest BCUT2D eigenvalue weighted by Crippen LogP contribution is -2.38. The van der Waals surface area contributed by atoms with Crippen molar-refractivity contribution in [2.75, 3.05) is 36.9 Å². The molecular weight excluding hydrogens is 420 g/mol. The van der Waals surface area contributed by atoms with Gasteiger partial charge in [-0.05, 0) is 37.0 Å². The minimum atomic E-state index is -0.525. The number of piperidine rings is 1. The first-order valence-electron chi connectivity index (χ1n) is 10.1. The molecule has 0 atom stereocenters. The number of likely N-dealkylation sites (N-methyl/N-ethyl adjacent to an activating group) is 1. The lowest BCUT2D eigenvalue weighted by Gasteiger charge is -2.33. The summed E-state index contributed by atoms with van der Waals surface area (Å²) in [5.74, 6) is -0.265. The van der Waals surface area contributed by atoms with Gasteiger partial charge in [-0.25, -0.2) is 0 Å². The molecule has 2 aromatic carbocycles. The van der Waals surface area contributed by atoms with Crippen LogP contribution in [0, 0.1) is 16.0 Å². The van der Waals surface area contributed by atoms with E-state index < -0.39 is 16.7 Å². The first-order valence-corrected chi connectivity index (χ1v) is 10.5. The zero-order valence-electron chi connectivity index (χ0n) is 17.5. The summed E-state index contributed by atoms with van der Waals surface area (Å²) in [6.45, 7) is 3.51. The molecule has 2 amide bonds. The topological polar surface area (TPSA) is 95.8 Å². The van der Waals surface area contributed by atoms with Crippen LogP contribution in [0.5, 0.6) is 0 Å². The Morgan fingerprint density at radius 2 is 1.90 bits per heavy atom. The van der Waals surface area contributed by atoms with Gasteiger partial charge in [-0.2, -0.15) is 0 Å². The Balaban J connectivity index is 1.79. The Morgan fingerprint density at radius 3 is 2.55 bits per heavy atom. The molecule has 1 aliphatic heterocycles. The number of carbonyl (C=O) groups is 2. The highest BCUT2D eigenvalue weighted by molar-refractivity contribution is 6.33. The molecule has 8 nitrogen and oxygen atoms in total. The third-order valence-corrected chi connectivity index (χ3v) is 5.75. The molecular formula is C22H25ClN4O4. The number of nitrogens with zero attached hydrogens (tertiary/aromatic N) is 3. The molecule has 1 fully saturated rings. The van der Waals surface area contributed by atoms with E-state index in [4.69, 9.17) is 11.6 Å². The van der Waals surface area contributed by atoms with Crippen LogP contribution >= 0.6 is 11.6 Å². The monoisotopic (exact) mass is 444 g/mol. The maximum absolute atomic E-state index is 13.2. The van der Waals surface area contributed by atoms with E-state index in [1.807, 2.05) is 0 Å². The van der Waals surface area contributed by atoms with Gasteiger partial charge in [0.1, 0.15) is 0 Å². The summed E-state index contributed by atoms with van der Waals surface area (Å²) < 4.78 is 0. The molecule has 1 heterocycles. The average molecular weight is 445 g/mol. The first-order chi connectivity index (χ1) is 14.8. The Kier molecular flexibility index (Phi) is 7.12. The number of hydrogen-bond donors (Lipinski definition) is 1. The normalized spacial score (nSPS) is 14.2. The number of nitro groups is 1. The van der Waals surface area contributed by atoms with Gasteiger partial charge in [0.2, 0.25) is 5.91 Å². The second kappa shape index (κ2) is 9.78. The van der Waals surface area contributed by atoms with E-state index in [0.717, 1.165) is 25.9 Å². The van der Waals surface area contributed by atoms with Crippen molar-refractivity contribution >= 4 is 40.5 Å². The van der Waals surface area contributed by atoms with Crippen LogP contribution in [-0.2, 0) is 4.79 Å². The minimum absolute atomic E-state index is 0.161. The smallest absolute Gasteiger partial charge is 0.270 e. The van der Waals surface area contributed by atoms with Crippen molar-refractivity contribution in [3.05, 3.63) is 63.2 Å². The Bertz CT molecular complexity index is 989. The van der Waals surface area contributed by atoms with E-state index in [0.29, 0.717) is 22.3 Å². The molecule has 2 aromatic rings. The summed E-state index contributed by atoms with van der Waals surface area (Å²) in [5, 5.41) is 14.3. The van der Waals surface area contributed by atoms with E-state index in [9.17, 15) is 19.7 Å². The van der Waals surface area contributed by atoms with Crippen molar-refractivity contribution in [2.24, 2.45) is 5.92 Å². The van der Waals surface area contributed by atoms with Crippen LogP contribution in [0.25, 0.3) is 0 Å². The lowest BCUT2D eigenvalue weighted by molar-refractivity contribution is -0.384. The van der Waals surface area contributed by atoms with E-state index in [-0.39, 0.29) is 17.8 Å². The van der Waals surface area contributed by atoms with E-state index in [1.54, 1.807) is 30.3 Å². The SMILES string of the molecule is CC1CCN(c2ccc([N+](=O)[O-])cc2C(=O)N(C)CC(=O)Nc2ccccc2Cl)CC1. The fourth-order valence-electron chi connectivity index (χ4n) is 3.58. The number of carbonyl (C=O) groups excluding carboxylic acids is 2. The highest BCUT2D eigenvalue weighted by atomic mass is 35.5. The number of nitro benzene ring substituents is 1. The molecule has 31 heavy (non-hydrogen) atoms. The van der Waals surface area contributed by atoms with E-state index >= 15 is 0 Å². The molecule has 1 N–H and O–H groups in total. The van der Waals surface area contributed by atoms with Crippen LogP contribution in [0.15, 0.2) is 42.5 Å². The van der Waals surface area contributed by atoms with Crippen LogP contribution in [0.3, 0.4) is 0 Å². The van der Waals surface area contributed by atoms with E-state index in [2.05, 4.69) is 17.1 Å². The summed E-state index contributed by atoms with van der Waals surface area (Å²) >= 11 is 6.06. The molecule has 1 saturated heterocycles. The summed E-state index contributed by atoms with van der Waals surface area (Å²) in [6.07, 6.45) is 1.97. The average Bonchev–Trinajstić information content (AvgIpc) is 2.75. The molecule has 0 unspecified atom stereocenters. The molecule has 164 valence electrons. The van der Waals surface area contributed by atoms with Gasteiger partial charge >= 0.3 is 0 Å². The van der Waals surface area contributed by atoms with Crippen LogP contribution < -0.4 is 10.2 Å². The fourth-order valence-corrected chi connectivity index (χ4v) is 3.76. The lowest BCUT2D eigenvalue weighted by atomic mass is 9.97. The van der Waals surface area contributed by atoms with Gasteiger partial charge in [0.15, 0.2) is 0 Å². The van der Waals surface area contributed by atoms with Gasteiger partial charge in [-0.3, -0.25) is 19.7 Å². The molecule has 1 aliphatic rings. The van der Waals surface area contributed by atoms with Gasteiger partial charge < -0.3 is 15.1 Å². The standard InChI is InChI=1S/C22H25ClN4O4/c1-15-9-11-26(12-10-15)20-8-7-16(27(30)31)13-17(20)22(29)25(2)14-21(28)24-19-6-4-3-5-18(19)23/h3-8,13,15H,9-12,14H2,1-2H3,(H,24,28). The van der Waals surface area contributed by atoms with Gasteiger partial charge in [-0.15, -0.1) is 0 Å². The largest absolute Gasteiger partial charge is 0.371 e. The summed E-state index contributed by atoms with van der Waals surface area (Å²) in [7, 11) is 1.50. The fraction of sp³-hybridized carbons (Fsp3) is 0.364. The van der Waals surface area contributed by atoms with Crippen molar-refractivity contribution in [3.8, 4) is 0 Å². The zero-order valence-corrected chi connectivity index (χ0v) is 18.3. The number of nitrogens with one attached hydrogen (secondary N) is 1. The maximum Gasteiger partial charge on any atom is 0.270 e. The van der Waals surface area contributed by atoms with Crippen LogP contribution in [0.2, 0.25) is 5.02 Å². The first kappa shape index (κ1) is 22.6. The highest BCUT2D eigenvalue weighted by Gasteiger charge is 2.26. The Hall–Kier alpha value is -3.13. The second-order valence-electron chi connectivity index (χ2n) is 7.82. The zero-order chi connectivity index (χ0) is 22.5. The predicted molar refractivity (Wildman–Crippen MR) is 121 cm³/mol. The van der Waals surface area contributed by atoms with Gasteiger partial charge in [0.05, 0.1) is 33.4 Å². The third kappa shape index (κ3) is 5.52. The molecule has 0 aliphatic carbocycles. The van der Waals surface area contributed by atoms with Crippen molar-refractivity contribution in [3.63, 3.8) is 0 Å². The molecule has 0 spiro atoms. The summed E-state index contributed by atoms with van der Waals surface area (Å²) in [5.41, 5.74) is 1.16. The molecule has 0 bridgehead atoms. The molecule has 3 rings (SSSR count). The Labute approximate surface area is 185 Å². The minimum Gasteiger partial charge on any atom is -0.371 e. The number of non-ortho nitro benzene ring substituents is 1. The number of halogens is 1. The number of hydrogen-bond acceptors (Lipinski definition) is 5. The molecule has 0 aromatic heterocycles. The third-order valence-electron chi connectivity index (χ3n) is 5.42. The quantitative estimate of drug-likeness (QED) is 0.532. The summed E-state index contributed by atoms with van der Waals surface area (Å²) in [4.78, 5) is 39.7. The maximum atomic E-state index is 13.2. The van der Waals surface area contributed by atoms with Crippen molar-refractivity contribution in [2.45, 2.75) is 19.8 Å². The van der Waals surface area contributed by atoms with Crippen molar-refractivity contribution < 1.29 is 14.5 Å². The van der Waals surface area contributed by atoms with Gasteiger partial charge in [0, 0.05) is 32.3 Å². The highest BCUT2D eigenvalue weighted by Crippen LogP contribution is 2.30. The molecule has 0 saturated carbocycles.